The number of carbonyl (C=O) groups excluding carboxylic acids is 3. The maximum Gasteiger partial charge on any atom is 0.317 e. The third-order valence-electron chi connectivity index (χ3n) is 10.0. The maximum absolute atomic E-state index is 14.4. The molecular formula is C36H58N4O6. The third-order valence-corrected chi connectivity index (χ3v) is 10.0. The number of aliphatic hydroxyl groups excluding tert-OH is 1. The van der Waals surface area contributed by atoms with Crippen LogP contribution in [-0.2, 0) is 9.53 Å². The first-order valence-corrected chi connectivity index (χ1v) is 17.8. The molecule has 3 aliphatic rings. The van der Waals surface area contributed by atoms with Crippen LogP contribution >= 0.6 is 0 Å². The lowest BCUT2D eigenvalue weighted by molar-refractivity contribution is -0.120. The quantitative estimate of drug-likeness (QED) is 0.337. The van der Waals surface area contributed by atoms with Crippen molar-refractivity contribution in [2.24, 2.45) is 11.8 Å². The van der Waals surface area contributed by atoms with Gasteiger partial charge < -0.3 is 35.0 Å². The first-order valence-electron chi connectivity index (χ1n) is 17.8. The fourth-order valence-corrected chi connectivity index (χ4v) is 6.96. The maximum atomic E-state index is 14.4. The Morgan fingerprint density at radius 2 is 1.67 bits per heavy atom. The van der Waals surface area contributed by atoms with E-state index in [2.05, 4.69) is 10.6 Å². The molecule has 46 heavy (non-hydrogen) atoms. The molecule has 1 aliphatic heterocycles. The van der Waals surface area contributed by atoms with Crippen LogP contribution in [0.25, 0.3) is 0 Å². The van der Waals surface area contributed by atoms with Gasteiger partial charge in [-0.3, -0.25) is 9.59 Å². The fraction of sp³-hybridized carbons (Fsp3) is 0.750. The second-order valence-corrected chi connectivity index (χ2v) is 14.0. The van der Waals surface area contributed by atoms with Gasteiger partial charge in [-0.05, 0) is 77.0 Å². The summed E-state index contributed by atoms with van der Waals surface area (Å²) < 4.78 is 12.7. The van der Waals surface area contributed by atoms with Crippen molar-refractivity contribution in [3.63, 3.8) is 0 Å². The average Bonchev–Trinajstić information content (AvgIpc) is 3.06. The highest BCUT2D eigenvalue weighted by molar-refractivity contribution is 6.00. The first kappa shape index (κ1) is 36.0. The lowest BCUT2D eigenvalue weighted by Gasteiger charge is -2.36. The number of nitrogens with one attached hydrogen (secondary N) is 2. The van der Waals surface area contributed by atoms with Gasteiger partial charge >= 0.3 is 6.03 Å². The minimum Gasteiger partial charge on any atom is -0.490 e. The summed E-state index contributed by atoms with van der Waals surface area (Å²) in [7, 11) is 1.80. The van der Waals surface area contributed by atoms with Crippen LogP contribution in [0.3, 0.4) is 0 Å². The Labute approximate surface area is 275 Å². The third kappa shape index (κ3) is 10.3. The van der Waals surface area contributed by atoms with Crippen LogP contribution in [0.4, 0.5) is 10.5 Å². The van der Waals surface area contributed by atoms with Gasteiger partial charge in [0.2, 0.25) is 5.91 Å². The first-order chi connectivity index (χ1) is 22.2. The second kappa shape index (κ2) is 17.9. The highest BCUT2D eigenvalue weighted by atomic mass is 16.5. The van der Waals surface area contributed by atoms with Gasteiger partial charge in [0.25, 0.3) is 5.91 Å². The molecule has 2 fully saturated rings. The zero-order valence-corrected chi connectivity index (χ0v) is 28.6. The molecule has 1 heterocycles. The number of fused-ring (bicyclic) bond motifs is 1. The predicted octanol–water partition coefficient (Wildman–Crippen LogP) is 5.98. The lowest BCUT2D eigenvalue weighted by Crippen LogP contribution is -2.50. The number of hydrogen-bond acceptors (Lipinski definition) is 6. The Kier molecular flexibility index (Phi) is 14.0. The van der Waals surface area contributed by atoms with E-state index in [9.17, 15) is 19.5 Å². The van der Waals surface area contributed by atoms with Crippen molar-refractivity contribution >= 4 is 23.5 Å². The van der Waals surface area contributed by atoms with Crippen molar-refractivity contribution in [2.75, 3.05) is 38.7 Å². The molecule has 10 nitrogen and oxygen atoms in total. The van der Waals surface area contributed by atoms with Crippen LogP contribution < -0.4 is 15.4 Å². The Hall–Kier alpha value is -2.85. The van der Waals surface area contributed by atoms with Crippen LogP contribution in [0, 0.1) is 11.8 Å². The molecule has 4 amide bonds. The largest absolute Gasteiger partial charge is 0.490 e. The van der Waals surface area contributed by atoms with Gasteiger partial charge in [0, 0.05) is 50.3 Å². The predicted molar refractivity (Wildman–Crippen MR) is 180 cm³/mol. The molecule has 4 atom stereocenters. The molecule has 0 saturated heterocycles. The smallest absolute Gasteiger partial charge is 0.317 e. The van der Waals surface area contributed by atoms with E-state index in [1.807, 2.05) is 26.8 Å². The summed E-state index contributed by atoms with van der Waals surface area (Å²) in [6.07, 6.45) is 12.7. The molecule has 2 aliphatic carbocycles. The number of aliphatic hydroxyl groups is 1. The Balaban J connectivity index is 1.56. The number of rotatable bonds is 7. The van der Waals surface area contributed by atoms with Crippen molar-refractivity contribution < 1.29 is 29.0 Å². The van der Waals surface area contributed by atoms with Crippen molar-refractivity contribution in [3.8, 4) is 5.75 Å². The van der Waals surface area contributed by atoms with Crippen molar-refractivity contribution in [2.45, 2.75) is 129 Å². The number of nitrogens with zero attached hydrogens (tertiary/aromatic N) is 2. The molecule has 0 aromatic heterocycles. The highest BCUT2D eigenvalue weighted by Crippen LogP contribution is 2.30. The zero-order valence-electron chi connectivity index (χ0n) is 28.6. The molecule has 0 spiro atoms. The van der Waals surface area contributed by atoms with Gasteiger partial charge in [0.15, 0.2) is 0 Å². The lowest BCUT2D eigenvalue weighted by atomic mass is 9.88. The topological polar surface area (TPSA) is 120 Å². The van der Waals surface area contributed by atoms with Crippen LogP contribution in [0.5, 0.6) is 5.75 Å². The molecule has 10 heteroatoms. The normalized spacial score (nSPS) is 25.0. The molecule has 0 radical (unpaired) electrons. The molecule has 4 rings (SSSR count). The van der Waals surface area contributed by atoms with Gasteiger partial charge in [0.1, 0.15) is 5.75 Å². The summed E-state index contributed by atoms with van der Waals surface area (Å²) in [5.74, 6) is 0.0425. The summed E-state index contributed by atoms with van der Waals surface area (Å²) in [4.78, 5) is 43.9. The number of carbonyl (C=O) groups is 3. The summed E-state index contributed by atoms with van der Waals surface area (Å²) in [6, 6.07) is 4.96. The molecule has 3 N–H and O–H groups in total. The average molecular weight is 643 g/mol. The van der Waals surface area contributed by atoms with Crippen LogP contribution in [0.2, 0.25) is 0 Å². The number of benzene rings is 1. The number of urea groups is 1. The van der Waals surface area contributed by atoms with E-state index in [0.29, 0.717) is 36.7 Å². The van der Waals surface area contributed by atoms with E-state index < -0.39 is 6.04 Å². The van der Waals surface area contributed by atoms with E-state index in [1.165, 1.54) is 12.8 Å². The standard InChI is InChI=1S/C36H58N4O6/c1-25-22-40(26(2)24-41)35(43)31-21-30(37-34(42)28-14-7-5-8-15-28)18-19-32(31)46-27(3)13-11-12-20-45-33(25)23-39(4)36(44)38-29-16-9-6-10-17-29/h18-19,21,25-29,33,41H,5-17,20,22-24H2,1-4H3,(H,37,42)(H,38,44)/t25-,26+,27+,33+/m1/s1. The monoisotopic (exact) mass is 642 g/mol. The molecule has 0 unspecified atom stereocenters. The van der Waals surface area contributed by atoms with Gasteiger partial charge in [-0.25, -0.2) is 4.79 Å². The van der Waals surface area contributed by atoms with Gasteiger partial charge in [-0.15, -0.1) is 0 Å². The summed E-state index contributed by atoms with van der Waals surface area (Å²) >= 11 is 0. The van der Waals surface area contributed by atoms with Crippen molar-refractivity contribution in [3.05, 3.63) is 23.8 Å². The number of ether oxygens (including phenoxy) is 2. The second-order valence-electron chi connectivity index (χ2n) is 14.0. The fourth-order valence-electron chi connectivity index (χ4n) is 6.96. The van der Waals surface area contributed by atoms with Gasteiger partial charge in [0.05, 0.1) is 30.4 Å². The summed E-state index contributed by atoms with van der Waals surface area (Å²) in [5, 5.41) is 16.5. The SMILES string of the molecule is C[C@@H]1CN([C@@H](C)CO)C(=O)c2cc(NC(=O)C3CCCCC3)ccc2O[C@@H](C)CCCCO[C@H]1CN(C)C(=O)NC1CCCCC1. The Morgan fingerprint density at radius 3 is 2.37 bits per heavy atom. The Bertz CT molecular complexity index is 1140. The molecule has 2 saturated carbocycles. The Morgan fingerprint density at radius 1 is 1.00 bits per heavy atom. The van der Waals surface area contributed by atoms with E-state index in [0.717, 1.165) is 70.6 Å². The van der Waals surface area contributed by atoms with E-state index in [4.69, 9.17) is 9.47 Å². The molecule has 258 valence electrons. The van der Waals surface area contributed by atoms with E-state index in [1.54, 1.807) is 29.0 Å². The van der Waals surface area contributed by atoms with Crippen molar-refractivity contribution in [1.82, 2.24) is 15.1 Å². The van der Waals surface area contributed by atoms with Crippen LogP contribution in [0.1, 0.15) is 115 Å². The van der Waals surface area contributed by atoms with E-state index >= 15 is 0 Å². The molecule has 0 bridgehead atoms. The zero-order chi connectivity index (χ0) is 33.1. The van der Waals surface area contributed by atoms with Crippen LogP contribution in [0.15, 0.2) is 18.2 Å². The minimum atomic E-state index is -0.471. The molecule has 1 aromatic carbocycles. The number of amides is 4. The number of likely N-dealkylation sites (N-methyl/N-ethyl adjacent to an activating group) is 1. The van der Waals surface area contributed by atoms with E-state index in [-0.39, 0.29) is 54.5 Å². The minimum absolute atomic E-state index is 0.00637. The van der Waals surface area contributed by atoms with Crippen LogP contribution in [-0.4, -0.2) is 90.4 Å². The van der Waals surface area contributed by atoms with Gasteiger partial charge in [-0.1, -0.05) is 45.4 Å². The summed E-state index contributed by atoms with van der Waals surface area (Å²) in [6.45, 7) is 6.90. The number of hydrogen-bond donors (Lipinski definition) is 3. The number of anilines is 1. The highest BCUT2D eigenvalue weighted by Gasteiger charge is 2.31. The molecular weight excluding hydrogens is 584 g/mol. The molecule has 1 aromatic rings. The summed E-state index contributed by atoms with van der Waals surface area (Å²) in [5.41, 5.74) is 0.927. The van der Waals surface area contributed by atoms with Crippen molar-refractivity contribution in [1.29, 1.82) is 0 Å². The van der Waals surface area contributed by atoms with Gasteiger partial charge in [-0.2, -0.15) is 0 Å².